The van der Waals surface area contributed by atoms with Gasteiger partial charge in [0, 0.05) is 36.5 Å². The number of hydrogen-bond acceptors (Lipinski definition) is 5. The fourth-order valence-corrected chi connectivity index (χ4v) is 4.46. The van der Waals surface area contributed by atoms with Gasteiger partial charge in [-0.1, -0.05) is 36.4 Å². The molecular weight excluding hydrogens is 418 g/mol. The molecule has 0 bridgehead atoms. The van der Waals surface area contributed by atoms with Gasteiger partial charge in [0.15, 0.2) is 0 Å². The second-order valence-electron chi connectivity index (χ2n) is 8.00. The highest BCUT2D eigenvalue weighted by atomic mass is 16.5. The van der Waals surface area contributed by atoms with Gasteiger partial charge in [-0.2, -0.15) is 4.98 Å². The second-order valence-corrected chi connectivity index (χ2v) is 8.00. The molecule has 4 rings (SSSR count). The first-order valence-corrected chi connectivity index (χ1v) is 10.8. The summed E-state index contributed by atoms with van der Waals surface area (Å²) in [6.45, 7) is 3.58. The van der Waals surface area contributed by atoms with E-state index in [4.69, 9.17) is 9.47 Å². The summed E-state index contributed by atoms with van der Waals surface area (Å²) in [5, 5.41) is 0. The Hall–Kier alpha value is -3.87. The molecule has 0 unspecified atom stereocenters. The van der Waals surface area contributed by atoms with E-state index >= 15 is 0 Å². The van der Waals surface area contributed by atoms with Gasteiger partial charge in [-0.25, -0.2) is 0 Å². The first kappa shape index (κ1) is 22.3. The van der Waals surface area contributed by atoms with Gasteiger partial charge in [0.2, 0.25) is 17.7 Å². The van der Waals surface area contributed by atoms with Crippen molar-refractivity contribution in [3.63, 3.8) is 0 Å². The fourth-order valence-electron chi connectivity index (χ4n) is 4.46. The number of para-hydroxylation sites is 2. The summed E-state index contributed by atoms with van der Waals surface area (Å²) in [6, 6.07) is 20.3. The first-order chi connectivity index (χ1) is 15.9. The number of hydrogen-bond donors (Lipinski definition) is 0. The number of fused-ring (bicyclic) bond motifs is 1. The van der Waals surface area contributed by atoms with E-state index in [1.165, 1.54) is 14.2 Å². The van der Waals surface area contributed by atoms with Crippen LogP contribution < -0.4 is 19.3 Å². The van der Waals surface area contributed by atoms with Gasteiger partial charge in [-0.05, 0) is 37.1 Å². The SMILES string of the molecule is COc1cc(C(=O)N2c3ccccc3[C@@H](N(C(C)=O)c3ccccc3)C[C@H]2C)cc(OC)n1. The molecule has 0 saturated heterocycles. The van der Waals surface area contributed by atoms with Crippen LogP contribution in [0.2, 0.25) is 0 Å². The highest BCUT2D eigenvalue weighted by Crippen LogP contribution is 2.42. The maximum atomic E-state index is 13.7. The van der Waals surface area contributed by atoms with Crippen molar-refractivity contribution in [1.29, 1.82) is 0 Å². The molecule has 7 heteroatoms. The molecule has 0 fully saturated rings. The van der Waals surface area contributed by atoms with Crippen molar-refractivity contribution in [2.75, 3.05) is 24.0 Å². The Balaban J connectivity index is 1.78. The third-order valence-corrected chi connectivity index (χ3v) is 5.91. The molecular formula is C26H27N3O4. The molecule has 0 N–H and O–H groups in total. The Morgan fingerprint density at radius 3 is 2.18 bits per heavy atom. The van der Waals surface area contributed by atoms with Gasteiger partial charge in [0.25, 0.3) is 5.91 Å². The second kappa shape index (κ2) is 9.32. The third-order valence-electron chi connectivity index (χ3n) is 5.91. The number of carbonyl (C=O) groups is 2. The van der Waals surface area contributed by atoms with Crippen molar-refractivity contribution in [2.45, 2.75) is 32.4 Å². The molecule has 2 heterocycles. The van der Waals surface area contributed by atoms with Gasteiger partial charge in [0.1, 0.15) is 0 Å². The maximum absolute atomic E-state index is 13.7. The van der Waals surface area contributed by atoms with Crippen LogP contribution in [0.5, 0.6) is 11.8 Å². The van der Waals surface area contributed by atoms with E-state index in [2.05, 4.69) is 4.98 Å². The van der Waals surface area contributed by atoms with E-state index in [0.29, 0.717) is 23.7 Å². The minimum absolute atomic E-state index is 0.0448. The van der Waals surface area contributed by atoms with Gasteiger partial charge in [-0.15, -0.1) is 0 Å². The molecule has 0 spiro atoms. The molecule has 0 aliphatic carbocycles. The van der Waals surface area contributed by atoms with E-state index in [0.717, 1.165) is 16.9 Å². The molecule has 33 heavy (non-hydrogen) atoms. The number of carbonyl (C=O) groups excluding carboxylic acids is 2. The highest BCUT2D eigenvalue weighted by molar-refractivity contribution is 6.08. The van der Waals surface area contributed by atoms with Crippen LogP contribution in [-0.4, -0.2) is 37.1 Å². The third kappa shape index (κ3) is 4.26. The lowest BCUT2D eigenvalue weighted by Gasteiger charge is -2.43. The number of methoxy groups -OCH3 is 2. The van der Waals surface area contributed by atoms with E-state index in [1.54, 1.807) is 24.0 Å². The number of nitrogens with zero attached hydrogens (tertiary/aromatic N) is 3. The Morgan fingerprint density at radius 2 is 1.58 bits per heavy atom. The van der Waals surface area contributed by atoms with Crippen LogP contribution in [0.1, 0.15) is 42.2 Å². The fraction of sp³-hybridized carbons (Fsp3) is 0.269. The Labute approximate surface area is 193 Å². The lowest BCUT2D eigenvalue weighted by Crippen LogP contribution is -2.47. The van der Waals surface area contributed by atoms with Crippen molar-refractivity contribution >= 4 is 23.2 Å². The van der Waals surface area contributed by atoms with Crippen LogP contribution in [0.15, 0.2) is 66.7 Å². The zero-order valence-corrected chi connectivity index (χ0v) is 19.2. The lowest BCUT2D eigenvalue weighted by atomic mass is 9.89. The summed E-state index contributed by atoms with van der Waals surface area (Å²) in [4.78, 5) is 34.2. The van der Waals surface area contributed by atoms with Crippen LogP contribution in [-0.2, 0) is 4.79 Å². The quantitative estimate of drug-likeness (QED) is 0.573. The normalized spacial score (nSPS) is 17.2. The van der Waals surface area contributed by atoms with E-state index in [1.807, 2.05) is 66.4 Å². The minimum atomic E-state index is -0.193. The molecule has 0 radical (unpaired) electrons. The molecule has 2 amide bonds. The highest BCUT2D eigenvalue weighted by Gasteiger charge is 2.38. The zero-order valence-electron chi connectivity index (χ0n) is 19.2. The van der Waals surface area contributed by atoms with Crippen LogP contribution in [0.3, 0.4) is 0 Å². The molecule has 2 aromatic carbocycles. The summed E-state index contributed by atoms with van der Waals surface area (Å²) in [5.41, 5.74) is 2.96. The van der Waals surface area contributed by atoms with E-state index in [-0.39, 0.29) is 23.9 Å². The number of aromatic nitrogens is 1. The summed E-state index contributed by atoms with van der Waals surface area (Å²) in [7, 11) is 3.00. The number of ether oxygens (including phenoxy) is 2. The van der Waals surface area contributed by atoms with Gasteiger partial charge < -0.3 is 19.3 Å². The standard InChI is InChI=1S/C26H27N3O4/c1-17-14-23(29(18(2)30)20-10-6-5-7-11-20)21-12-8-9-13-22(21)28(17)26(31)19-15-24(32-3)27-25(16-19)33-4/h5-13,15-17,23H,14H2,1-4H3/t17-,23+/m1/s1. The van der Waals surface area contributed by atoms with Crippen LogP contribution in [0, 0.1) is 0 Å². The van der Waals surface area contributed by atoms with Crippen LogP contribution in [0.4, 0.5) is 11.4 Å². The summed E-state index contributed by atoms with van der Waals surface area (Å²) in [6.07, 6.45) is 0.594. The van der Waals surface area contributed by atoms with Crippen molar-refractivity contribution in [3.8, 4) is 11.8 Å². The molecule has 1 aliphatic heterocycles. The van der Waals surface area contributed by atoms with Crippen molar-refractivity contribution < 1.29 is 19.1 Å². The first-order valence-electron chi connectivity index (χ1n) is 10.8. The average Bonchev–Trinajstić information content (AvgIpc) is 2.84. The number of rotatable bonds is 5. The smallest absolute Gasteiger partial charge is 0.258 e. The number of benzene rings is 2. The van der Waals surface area contributed by atoms with Gasteiger partial charge in [0.05, 0.1) is 25.8 Å². The topological polar surface area (TPSA) is 72.0 Å². The van der Waals surface area contributed by atoms with Crippen molar-refractivity contribution in [3.05, 3.63) is 77.9 Å². The molecule has 2 atom stereocenters. The van der Waals surface area contributed by atoms with Gasteiger partial charge >= 0.3 is 0 Å². The molecule has 7 nitrogen and oxygen atoms in total. The molecule has 3 aromatic rings. The largest absolute Gasteiger partial charge is 0.481 e. The Bertz CT molecular complexity index is 1140. The molecule has 1 aromatic heterocycles. The number of anilines is 2. The van der Waals surface area contributed by atoms with Gasteiger partial charge in [-0.3, -0.25) is 9.59 Å². The summed E-state index contributed by atoms with van der Waals surface area (Å²) in [5.74, 6) is 0.388. The van der Waals surface area contributed by atoms with Crippen LogP contribution in [0.25, 0.3) is 0 Å². The monoisotopic (exact) mass is 445 g/mol. The molecule has 1 aliphatic rings. The van der Waals surface area contributed by atoms with Crippen molar-refractivity contribution in [1.82, 2.24) is 4.98 Å². The zero-order chi connectivity index (χ0) is 23.5. The molecule has 170 valence electrons. The van der Waals surface area contributed by atoms with E-state index in [9.17, 15) is 9.59 Å². The average molecular weight is 446 g/mol. The maximum Gasteiger partial charge on any atom is 0.258 e. The Morgan fingerprint density at radius 1 is 0.970 bits per heavy atom. The minimum Gasteiger partial charge on any atom is -0.481 e. The van der Waals surface area contributed by atoms with Crippen LogP contribution >= 0.6 is 0 Å². The number of amides is 2. The predicted molar refractivity (Wildman–Crippen MR) is 127 cm³/mol. The lowest BCUT2D eigenvalue weighted by molar-refractivity contribution is -0.117. The Kier molecular flexibility index (Phi) is 6.31. The predicted octanol–water partition coefficient (Wildman–Crippen LogP) is 4.63. The number of pyridine rings is 1. The summed E-state index contributed by atoms with van der Waals surface area (Å²) < 4.78 is 10.5. The summed E-state index contributed by atoms with van der Waals surface area (Å²) >= 11 is 0. The van der Waals surface area contributed by atoms with E-state index < -0.39 is 0 Å². The van der Waals surface area contributed by atoms with Crippen molar-refractivity contribution in [2.24, 2.45) is 0 Å². The molecule has 0 saturated carbocycles.